The smallest absolute Gasteiger partial charge is 0.244 e. The number of sulfonamides is 1. The van der Waals surface area contributed by atoms with Gasteiger partial charge in [-0.05, 0) is 57.0 Å². The zero-order chi connectivity index (χ0) is 24.8. The van der Waals surface area contributed by atoms with Gasteiger partial charge in [-0.2, -0.15) is 0 Å². The van der Waals surface area contributed by atoms with E-state index >= 15 is 0 Å². The summed E-state index contributed by atoms with van der Waals surface area (Å²) in [5.74, 6) is -0.752. The highest BCUT2D eigenvalue weighted by Gasteiger charge is 2.31. The first-order valence-electron chi connectivity index (χ1n) is 10.8. The summed E-state index contributed by atoms with van der Waals surface area (Å²) in [7, 11) is -3.74. The van der Waals surface area contributed by atoms with Crippen LogP contribution in [0, 0.1) is 6.92 Å². The van der Waals surface area contributed by atoms with E-state index in [1.807, 2.05) is 27.7 Å². The number of anilines is 1. The van der Waals surface area contributed by atoms with Gasteiger partial charge in [0.25, 0.3) is 0 Å². The second-order valence-corrected chi connectivity index (χ2v) is 10.7. The molecule has 0 radical (unpaired) electrons. The van der Waals surface area contributed by atoms with Crippen molar-refractivity contribution in [2.45, 2.75) is 52.7 Å². The van der Waals surface area contributed by atoms with Gasteiger partial charge in [-0.25, -0.2) is 8.42 Å². The van der Waals surface area contributed by atoms with E-state index in [2.05, 4.69) is 5.32 Å². The normalized spacial score (nSPS) is 12.3. The van der Waals surface area contributed by atoms with Crippen LogP contribution < -0.4 is 9.62 Å². The van der Waals surface area contributed by atoms with Crippen molar-refractivity contribution in [2.75, 3.05) is 17.1 Å². The maximum atomic E-state index is 13.5. The minimum atomic E-state index is -3.74. The molecule has 2 rings (SSSR count). The Morgan fingerprint density at radius 1 is 1.03 bits per heavy atom. The molecule has 2 aromatic carbocycles. The van der Waals surface area contributed by atoms with Gasteiger partial charge in [-0.3, -0.25) is 13.9 Å². The standard InChI is InChI=1S/C24H32ClN3O4S/c1-6-22(24(30)26-17(2)3)27(15-19-9-11-20(25)12-10-19)23(29)16-28(33(5,31)32)21-13-7-18(4)8-14-21/h7-14,17,22H,6,15-16H2,1-5H3,(H,26,30)/t22-/m0/s1. The molecule has 0 unspecified atom stereocenters. The van der Waals surface area contributed by atoms with Crippen LogP contribution in [0.1, 0.15) is 38.3 Å². The Labute approximate surface area is 201 Å². The Morgan fingerprint density at radius 3 is 2.09 bits per heavy atom. The SMILES string of the molecule is CC[C@@H](C(=O)NC(C)C)N(Cc1ccc(Cl)cc1)C(=O)CN(c1ccc(C)cc1)S(C)(=O)=O. The first kappa shape index (κ1) is 26.7. The summed E-state index contributed by atoms with van der Waals surface area (Å²) in [6.45, 7) is 7.14. The van der Waals surface area contributed by atoms with Crippen LogP contribution in [0.15, 0.2) is 48.5 Å². The van der Waals surface area contributed by atoms with E-state index < -0.39 is 28.5 Å². The van der Waals surface area contributed by atoms with Crippen molar-refractivity contribution in [1.82, 2.24) is 10.2 Å². The molecular weight excluding hydrogens is 462 g/mol. The molecule has 0 saturated heterocycles. The van der Waals surface area contributed by atoms with Crippen molar-refractivity contribution >= 4 is 39.1 Å². The van der Waals surface area contributed by atoms with Gasteiger partial charge in [0.1, 0.15) is 12.6 Å². The van der Waals surface area contributed by atoms with Gasteiger partial charge in [-0.15, -0.1) is 0 Å². The maximum absolute atomic E-state index is 13.5. The number of benzene rings is 2. The highest BCUT2D eigenvalue weighted by Crippen LogP contribution is 2.21. The van der Waals surface area contributed by atoms with E-state index in [9.17, 15) is 18.0 Å². The Morgan fingerprint density at radius 2 is 1.61 bits per heavy atom. The minimum Gasteiger partial charge on any atom is -0.352 e. The first-order chi connectivity index (χ1) is 15.4. The lowest BCUT2D eigenvalue weighted by Crippen LogP contribution is -2.53. The molecule has 0 aromatic heterocycles. The lowest BCUT2D eigenvalue weighted by atomic mass is 10.1. The number of carbonyl (C=O) groups is 2. The number of hydrogen-bond donors (Lipinski definition) is 1. The topological polar surface area (TPSA) is 86.8 Å². The van der Waals surface area contributed by atoms with E-state index in [-0.39, 0.29) is 18.5 Å². The van der Waals surface area contributed by atoms with E-state index in [1.54, 1.807) is 48.5 Å². The van der Waals surface area contributed by atoms with Crippen molar-refractivity contribution < 1.29 is 18.0 Å². The molecule has 1 atom stereocenters. The highest BCUT2D eigenvalue weighted by molar-refractivity contribution is 7.92. The summed E-state index contributed by atoms with van der Waals surface area (Å²) in [4.78, 5) is 27.9. The Balaban J connectivity index is 2.42. The molecule has 0 heterocycles. The fraction of sp³-hybridized carbons (Fsp3) is 0.417. The van der Waals surface area contributed by atoms with Crippen molar-refractivity contribution in [2.24, 2.45) is 0 Å². The van der Waals surface area contributed by atoms with Gasteiger partial charge in [0.15, 0.2) is 0 Å². The molecule has 0 aliphatic rings. The number of amides is 2. The monoisotopic (exact) mass is 493 g/mol. The highest BCUT2D eigenvalue weighted by atomic mass is 35.5. The molecule has 0 aliphatic heterocycles. The van der Waals surface area contributed by atoms with Crippen LogP contribution in [0.25, 0.3) is 0 Å². The molecule has 0 fully saturated rings. The number of hydrogen-bond acceptors (Lipinski definition) is 4. The fourth-order valence-corrected chi connectivity index (χ4v) is 4.39. The van der Waals surface area contributed by atoms with Crippen LogP contribution >= 0.6 is 11.6 Å². The van der Waals surface area contributed by atoms with E-state index in [0.29, 0.717) is 17.1 Å². The largest absolute Gasteiger partial charge is 0.352 e. The van der Waals surface area contributed by atoms with Gasteiger partial charge in [0, 0.05) is 17.6 Å². The van der Waals surface area contributed by atoms with E-state index in [4.69, 9.17) is 11.6 Å². The summed E-state index contributed by atoms with van der Waals surface area (Å²) in [6.07, 6.45) is 1.44. The van der Waals surface area contributed by atoms with Crippen LogP contribution in [0.5, 0.6) is 0 Å². The molecule has 33 heavy (non-hydrogen) atoms. The Hall–Kier alpha value is -2.58. The van der Waals surface area contributed by atoms with Crippen molar-refractivity contribution in [3.05, 3.63) is 64.7 Å². The summed E-state index contributed by atoms with van der Waals surface area (Å²) < 4.78 is 26.2. The van der Waals surface area contributed by atoms with Crippen LogP contribution in [-0.2, 0) is 26.2 Å². The third-order valence-electron chi connectivity index (χ3n) is 5.08. The minimum absolute atomic E-state index is 0.0980. The fourth-order valence-electron chi connectivity index (χ4n) is 3.41. The third-order valence-corrected chi connectivity index (χ3v) is 6.48. The Bertz CT molecular complexity index is 1050. The summed E-state index contributed by atoms with van der Waals surface area (Å²) in [5, 5.41) is 3.42. The van der Waals surface area contributed by atoms with Crippen molar-refractivity contribution in [3.63, 3.8) is 0 Å². The predicted molar refractivity (Wildman–Crippen MR) is 133 cm³/mol. The second-order valence-electron chi connectivity index (χ2n) is 8.34. The molecule has 0 spiro atoms. The average molecular weight is 494 g/mol. The number of nitrogens with one attached hydrogen (secondary N) is 1. The van der Waals surface area contributed by atoms with Crippen molar-refractivity contribution in [3.8, 4) is 0 Å². The second kappa shape index (κ2) is 11.5. The molecular formula is C24H32ClN3O4S. The van der Waals surface area contributed by atoms with Gasteiger partial charge >= 0.3 is 0 Å². The molecule has 0 aliphatic carbocycles. The lowest BCUT2D eigenvalue weighted by Gasteiger charge is -2.33. The predicted octanol–water partition coefficient (Wildman–Crippen LogP) is 3.75. The van der Waals surface area contributed by atoms with Gasteiger partial charge in [0.05, 0.1) is 11.9 Å². The number of aryl methyl sites for hydroxylation is 1. The third kappa shape index (κ3) is 7.75. The molecule has 7 nitrogen and oxygen atoms in total. The van der Waals surface area contributed by atoms with Gasteiger partial charge < -0.3 is 10.2 Å². The van der Waals surface area contributed by atoms with Crippen LogP contribution in [0.2, 0.25) is 5.02 Å². The molecule has 1 N–H and O–H groups in total. The summed E-state index contributed by atoms with van der Waals surface area (Å²) in [5.41, 5.74) is 2.15. The molecule has 2 amide bonds. The van der Waals surface area contributed by atoms with Crippen LogP contribution in [-0.4, -0.2) is 50.0 Å². The zero-order valence-electron chi connectivity index (χ0n) is 19.7. The number of carbonyl (C=O) groups excluding carboxylic acids is 2. The number of rotatable bonds is 10. The number of nitrogens with zero attached hydrogens (tertiary/aromatic N) is 2. The lowest BCUT2D eigenvalue weighted by molar-refractivity contribution is -0.140. The number of halogens is 1. The molecule has 180 valence electrons. The molecule has 9 heteroatoms. The molecule has 0 saturated carbocycles. The summed E-state index contributed by atoms with van der Waals surface area (Å²) in [6, 6.07) is 13.0. The molecule has 2 aromatic rings. The van der Waals surface area contributed by atoms with Gasteiger partial charge in [-0.1, -0.05) is 48.4 Å². The average Bonchev–Trinajstić information content (AvgIpc) is 2.72. The van der Waals surface area contributed by atoms with Crippen LogP contribution in [0.4, 0.5) is 5.69 Å². The molecule has 0 bridgehead atoms. The zero-order valence-corrected chi connectivity index (χ0v) is 21.3. The summed E-state index contributed by atoms with van der Waals surface area (Å²) >= 11 is 5.99. The quantitative estimate of drug-likeness (QED) is 0.546. The van der Waals surface area contributed by atoms with E-state index in [1.165, 1.54) is 4.90 Å². The maximum Gasteiger partial charge on any atom is 0.244 e. The Kier molecular flexibility index (Phi) is 9.31. The first-order valence-corrected chi connectivity index (χ1v) is 13.0. The van der Waals surface area contributed by atoms with Crippen LogP contribution in [0.3, 0.4) is 0 Å². The van der Waals surface area contributed by atoms with E-state index in [0.717, 1.165) is 21.7 Å². The van der Waals surface area contributed by atoms with Gasteiger partial charge in [0.2, 0.25) is 21.8 Å². The van der Waals surface area contributed by atoms with Crippen molar-refractivity contribution in [1.29, 1.82) is 0 Å².